The van der Waals surface area contributed by atoms with Crippen LogP contribution >= 0.6 is 0 Å². The van der Waals surface area contributed by atoms with E-state index in [1.807, 2.05) is 0 Å². The molecule has 7 heteroatoms. The van der Waals surface area contributed by atoms with Crippen molar-refractivity contribution >= 4 is 0 Å². The summed E-state index contributed by atoms with van der Waals surface area (Å²) in [6.45, 7) is 2.68. The van der Waals surface area contributed by atoms with Crippen LogP contribution in [0.5, 0.6) is 11.5 Å². The van der Waals surface area contributed by atoms with E-state index in [9.17, 15) is 22.0 Å². The summed E-state index contributed by atoms with van der Waals surface area (Å²) >= 11 is 0. The molecule has 0 aliphatic rings. The Balaban J connectivity index is 2.78. The van der Waals surface area contributed by atoms with Crippen LogP contribution in [0.3, 0.4) is 0 Å². The van der Waals surface area contributed by atoms with Crippen molar-refractivity contribution in [2.24, 2.45) is 5.92 Å². The molecule has 0 saturated heterocycles. The van der Waals surface area contributed by atoms with Gasteiger partial charge in [0.05, 0.1) is 0 Å². The fraction of sp³-hybridized carbons (Fsp3) is 0.600. The van der Waals surface area contributed by atoms with Gasteiger partial charge in [-0.2, -0.15) is 8.78 Å². The Morgan fingerprint density at radius 1 is 1.05 bits per heavy atom. The van der Waals surface area contributed by atoms with E-state index in [4.69, 9.17) is 4.74 Å². The van der Waals surface area contributed by atoms with Crippen LogP contribution in [0, 0.1) is 17.6 Å². The molecule has 22 heavy (non-hydrogen) atoms. The van der Waals surface area contributed by atoms with Crippen LogP contribution in [-0.2, 0) is 0 Å². The molecule has 1 aromatic carbocycles. The first-order chi connectivity index (χ1) is 10.2. The molecule has 0 aromatic heterocycles. The predicted molar refractivity (Wildman–Crippen MR) is 72.3 cm³/mol. The molecule has 1 rings (SSSR count). The molecule has 0 saturated carbocycles. The predicted octanol–water partition coefficient (Wildman–Crippen LogP) is 4.76. The number of rotatable bonds is 8. The molecule has 0 aliphatic heterocycles. The van der Waals surface area contributed by atoms with Gasteiger partial charge in [-0.1, -0.05) is 20.8 Å². The van der Waals surface area contributed by atoms with Crippen LogP contribution in [0.25, 0.3) is 0 Å². The third-order valence-electron chi connectivity index (χ3n) is 3.14. The minimum Gasteiger partial charge on any atom is -0.487 e. The number of ether oxygens (including phenoxy) is 2. The molecule has 0 amide bonds. The second kappa shape index (κ2) is 7.65. The second-order valence-electron chi connectivity index (χ2n) is 5.21. The van der Waals surface area contributed by atoms with E-state index in [2.05, 4.69) is 4.74 Å². The monoisotopic (exact) mass is 326 g/mol. The quantitative estimate of drug-likeness (QED) is 0.641. The number of hydrogen-bond acceptors (Lipinski definition) is 2. The zero-order chi connectivity index (χ0) is 16.9. The molecular formula is C15H19F5O2. The zero-order valence-electron chi connectivity index (χ0n) is 12.6. The minimum absolute atomic E-state index is 0.176. The van der Waals surface area contributed by atoms with Crippen molar-refractivity contribution in [3.63, 3.8) is 0 Å². The third kappa shape index (κ3) is 4.74. The highest BCUT2D eigenvalue weighted by Crippen LogP contribution is 2.30. The van der Waals surface area contributed by atoms with Crippen molar-refractivity contribution in [1.29, 1.82) is 0 Å². The first-order valence-electron chi connectivity index (χ1n) is 6.94. The lowest BCUT2D eigenvalue weighted by atomic mass is 10.1. The average molecular weight is 326 g/mol. The fourth-order valence-corrected chi connectivity index (χ4v) is 1.38. The third-order valence-corrected chi connectivity index (χ3v) is 3.14. The van der Waals surface area contributed by atoms with Gasteiger partial charge in [0.1, 0.15) is 12.8 Å². The molecule has 2 nitrogen and oxygen atoms in total. The molecule has 1 aromatic rings. The highest BCUT2D eigenvalue weighted by Gasteiger charge is 2.34. The van der Waals surface area contributed by atoms with Crippen molar-refractivity contribution in [2.45, 2.75) is 39.3 Å². The van der Waals surface area contributed by atoms with Crippen molar-refractivity contribution < 1.29 is 31.4 Å². The van der Waals surface area contributed by atoms with E-state index >= 15 is 0 Å². The molecule has 1 unspecified atom stereocenters. The molecule has 0 heterocycles. The molecule has 126 valence electrons. The molecule has 0 fully saturated rings. The summed E-state index contributed by atoms with van der Waals surface area (Å²) in [6.07, 6.45) is -1.13. The van der Waals surface area contributed by atoms with Crippen molar-refractivity contribution in [1.82, 2.24) is 0 Å². The first kappa shape index (κ1) is 18.5. The smallest absolute Gasteiger partial charge is 0.283 e. The lowest BCUT2D eigenvalue weighted by Gasteiger charge is -2.21. The summed E-state index contributed by atoms with van der Waals surface area (Å²) in [5.41, 5.74) is 0. The Labute approximate surface area is 126 Å². The Hall–Kier alpha value is -1.53. The number of alkyl halides is 3. The van der Waals surface area contributed by atoms with Gasteiger partial charge in [-0.3, -0.25) is 0 Å². The maximum Gasteiger partial charge on any atom is 0.283 e. The highest BCUT2D eigenvalue weighted by molar-refractivity contribution is 5.35. The Morgan fingerprint density at radius 2 is 1.55 bits per heavy atom. The Bertz CT molecular complexity index is 491. The summed E-state index contributed by atoms with van der Waals surface area (Å²) in [6, 6.07) is 1.99. The van der Waals surface area contributed by atoms with Crippen LogP contribution in [0.15, 0.2) is 12.1 Å². The van der Waals surface area contributed by atoms with E-state index < -0.39 is 54.4 Å². The summed E-state index contributed by atoms with van der Waals surface area (Å²) < 4.78 is 76.7. The Morgan fingerprint density at radius 3 is 2.00 bits per heavy atom. The fourth-order valence-electron chi connectivity index (χ4n) is 1.38. The van der Waals surface area contributed by atoms with E-state index in [1.165, 1.54) is 13.8 Å². The maximum absolute atomic E-state index is 13.7. The number of hydrogen-bond donors (Lipinski definition) is 0. The lowest BCUT2D eigenvalue weighted by molar-refractivity contribution is -0.0795. The van der Waals surface area contributed by atoms with Crippen LogP contribution < -0.4 is 9.47 Å². The van der Waals surface area contributed by atoms with Gasteiger partial charge in [0, 0.05) is 5.92 Å². The van der Waals surface area contributed by atoms with Crippen molar-refractivity contribution in [2.75, 3.05) is 13.2 Å². The van der Waals surface area contributed by atoms with Gasteiger partial charge >= 0.3 is 0 Å². The van der Waals surface area contributed by atoms with E-state index in [0.717, 1.165) is 12.1 Å². The van der Waals surface area contributed by atoms with Gasteiger partial charge in [-0.05, 0) is 18.6 Å². The first-order valence-corrected chi connectivity index (χ1v) is 6.94. The van der Waals surface area contributed by atoms with E-state index in [-0.39, 0.29) is 6.42 Å². The largest absolute Gasteiger partial charge is 0.487 e. The van der Waals surface area contributed by atoms with Gasteiger partial charge in [0.15, 0.2) is 18.1 Å². The molecule has 0 bridgehead atoms. The van der Waals surface area contributed by atoms with Crippen LogP contribution in [0.2, 0.25) is 0 Å². The molecule has 0 N–H and O–H groups in total. The lowest BCUT2D eigenvalue weighted by Crippen LogP contribution is -2.31. The number of halogens is 5. The van der Waals surface area contributed by atoms with Gasteiger partial charge in [-0.25, -0.2) is 13.2 Å². The minimum atomic E-state index is -3.17. The van der Waals surface area contributed by atoms with E-state index in [0.29, 0.717) is 0 Å². The number of benzene rings is 1. The summed E-state index contributed by atoms with van der Waals surface area (Å²) in [5, 5.41) is 0. The normalized spacial score (nSPS) is 13.3. The second-order valence-corrected chi connectivity index (χ2v) is 5.21. The molecule has 0 aliphatic carbocycles. The van der Waals surface area contributed by atoms with Gasteiger partial charge < -0.3 is 9.47 Å². The van der Waals surface area contributed by atoms with Gasteiger partial charge in [0.25, 0.3) is 5.92 Å². The summed E-state index contributed by atoms with van der Waals surface area (Å²) in [7, 11) is 0. The molecule has 0 spiro atoms. The van der Waals surface area contributed by atoms with Crippen LogP contribution in [0.1, 0.15) is 27.2 Å². The van der Waals surface area contributed by atoms with Crippen LogP contribution in [-0.4, -0.2) is 25.3 Å². The van der Waals surface area contributed by atoms with Gasteiger partial charge in [0.2, 0.25) is 11.6 Å². The van der Waals surface area contributed by atoms with Crippen molar-refractivity contribution in [3.05, 3.63) is 23.8 Å². The highest BCUT2D eigenvalue weighted by atomic mass is 19.3. The molecule has 1 atom stereocenters. The topological polar surface area (TPSA) is 18.5 Å². The van der Waals surface area contributed by atoms with Crippen LogP contribution in [0.4, 0.5) is 22.0 Å². The SMILES string of the molecule is CCC(F)COc1ccc(OCC(F)(F)C(C)C)c(F)c1F. The summed E-state index contributed by atoms with van der Waals surface area (Å²) in [4.78, 5) is 0. The van der Waals surface area contributed by atoms with E-state index in [1.54, 1.807) is 6.92 Å². The maximum atomic E-state index is 13.7. The standard InChI is InChI=1S/C15H19F5O2/c1-4-10(16)7-21-11-5-6-12(14(18)13(11)17)22-8-15(19,20)9(2)3/h5-6,9-10H,4,7-8H2,1-3H3. The molecule has 0 radical (unpaired) electrons. The van der Waals surface area contributed by atoms with Gasteiger partial charge in [-0.15, -0.1) is 0 Å². The zero-order valence-corrected chi connectivity index (χ0v) is 12.6. The van der Waals surface area contributed by atoms with Crippen molar-refractivity contribution in [3.8, 4) is 11.5 Å². The average Bonchev–Trinajstić information content (AvgIpc) is 2.47. The summed E-state index contributed by atoms with van der Waals surface area (Å²) in [5.74, 6) is -8.13. The Kier molecular flexibility index (Phi) is 6.44. The molecular weight excluding hydrogens is 307 g/mol.